The number of esters is 1. The van der Waals surface area contributed by atoms with Crippen molar-refractivity contribution in [2.24, 2.45) is 0 Å². The second kappa shape index (κ2) is 8.07. The van der Waals surface area contributed by atoms with Crippen LogP contribution in [0.25, 0.3) is 0 Å². The van der Waals surface area contributed by atoms with E-state index in [4.69, 9.17) is 14.2 Å². The first kappa shape index (κ1) is 18.6. The van der Waals surface area contributed by atoms with Gasteiger partial charge in [0.1, 0.15) is 30.1 Å². The Hall–Kier alpha value is -2.79. The Morgan fingerprint density at radius 1 is 1.04 bits per heavy atom. The molecule has 0 spiro atoms. The van der Waals surface area contributed by atoms with Crippen LogP contribution in [0.15, 0.2) is 77.3 Å². The zero-order valence-electron chi connectivity index (χ0n) is 15.3. The van der Waals surface area contributed by atoms with Crippen LogP contribution in [0.1, 0.15) is 28.7 Å². The molecule has 1 heterocycles. The first-order valence-electron chi connectivity index (χ1n) is 8.96. The summed E-state index contributed by atoms with van der Waals surface area (Å²) in [6, 6.07) is 23.3. The Morgan fingerprint density at radius 3 is 2.50 bits per heavy atom. The van der Waals surface area contributed by atoms with Gasteiger partial charge in [0.25, 0.3) is 0 Å². The van der Waals surface area contributed by atoms with Crippen molar-refractivity contribution in [2.75, 3.05) is 7.11 Å². The molecule has 1 aliphatic rings. The zero-order valence-corrected chi connectivity index (χ0v) is 16.9. The van der Waals surface area contributed by atoms with Crippen LogP contribution in [0, 0.1) is 0 Å². The molecule has 28 heavy (non-hydrogen) atoms. The largest absolute Gasteiger partial charge is 0.489 e. The highest BCUT2D eigenvalue weighted by Crippen LogP contribution is 2.47. The molecular weight excluding hydrogens is 420 g/mol. The zero-order chi connectivity index (χ0) is 19.5. The summed E-state index contributed by atoms with van der Waals surface area (Å²) in [5.41, 5.74) is 2.84. The van der Waals surface area contributed by atoms with Crippen LogP contribution in [0.5, 0.6) is 11.5 Å². The van der Waals surface area contributed by atoms with Crippen LogP contribution in [0.3, 0.4) is 0 Å². The minimum absolute atomic E-state index is 0.314. The van der Waals surface area contributed by atoms with Gasteiger partial charge >= 0.3 is 5.97 Å². The molecule has 0 aromatic heterocycles. The molecule has 3 aromatic carbocycles. The van der Waals surface area contributed by atoms with E-state index in [0.717, 1.165) is 26.9 Å². The highest BCUT2D eigenvalue weighted by Gasteiger charge is 2.41. The van der Waals surface area contributed by atoms with E-state index in [1.165, 1.54) is 7.11 Å². The minimum atomic E-state index is -0.506. The molecule has 142 valence electrons. The van der Waals surface area contributed by atoms with Crippen LogP contribution in [-0.4, -0.2) is 13.1 Å². The van der Waals surface area contributed by atoms with E-state index < -0.39 is 12.0 Å². The number of fused-ring (bicyclic) bond motifs is 1. The van der Waals surface area contributed by atoms with Gasteiger partial charge in [0.2, 0.25) is 0 Å². The molecule has 0 bridgehead atoms. The number of carbonyl (C=O) groups is 1. The van der Waals surface area contributed by atoms with Crippen molar-refractivity contribution in [3.8, 4) is 11.5 Å². The van der Waals surface area contributed by atoms with Gasteiger partial charge in [-0.2, -0.15) is 0 Å². The molecule has 0 saturated carbocycles. The van der Waals surface area contributed by atoms with Gasteiger partial charge in [0.15, 0.2) is 0 Å². The number of rotatable bonds is 5. The Labute approximate surface area is 172 Å². The monoisotopic (exact) mass is 438 g/mol. The predicted octanol–water partition coefficient (Wildman–Crippen LogP) is 5.42. The predicted molar refractivity (Wildman–Crippen MR) is 109 cm³/mol. The average molecular weight is 439 g/mol. The smallest absolute Gasteiger partial charge is 0.317 e. The Balaban J connectivity index is 1.54. The first-order valence-corrected chi connectivity index (χ1v) is 9.75. The molecule has 0 aliphatic carbocycles. The summed E-state index contributed by atoms with van der Waals surface area (Å²) in [6.07, 6.45) is -0.431. The topological polar surface area (TPSA) is 44.8 Å². The minimum Gasteiger partial charge on any atom is -0.489 e. The Morgan fingerprint density at radius 2 is 1.79 bits per heavy atom. The fourth-order valence-electron chi connectivity index (χ4n) is 3.37. The lowest BCUT2D eigenvalue weighted by Crippen LogP contribution is -2.20. The van der Waals surface area contributed by atoms with E-state index in [2.05, 4.69) is 15.9 Å². The van der Waals surface area contributed by atoms with Gasteiger partial charge in [-0.1, -0.05) is 58.4 Å². The summed E-state index contributed by atoms with van der Waals surface area (Å²) in [5.74, 6) is 0.647. The summed E-state index contributed by atoms with van der Waals surface area (Å²) < 4.78 is 17.9. The third-order valence-electron chi connectivity index (χ3n) is 4.78. The standard InChI is InChI=1S/C23H19BrO4/c1-26-23(25)21-19-13-17(24)9-12-20(19)28-22(21)16-7-10-18(11-8-16)27-14-15-5-3-2-4-6-15/h2-13,21-22H,14H2,1H3/t21-,22+/m0/s1. The molecule has 0 N–H and O–H groups in total. The summed E-state index contributed by atoms with van der Waals surface area (Å²) in [5, 5.41) is 0. The highest BCUT2D eigenvalue weighted by molar-refractivity contribution is 9.10. The number of benzene rings is 3. The lowest BCUT2D eigenvalue weighted by atomic mass is 9.91. The van der Waals surface area contributed by atoms with Crippen molar-refractivity contribution in [2.45, 2.75) is 18.6 Å². The van der Waals surface area contributed by atoms with Crippen molar-refractivity contribution < 1.29 is 19.0 Å². The van der Waals surface area contributed by atoms with Crippen molar-refractivity contribution in [3.63, 3.8) is 0 Å². The van der Waals surface area contributed by atoms with Crippen molar-refractivity contribution in [1.82, 2.24) is 0 Å². The molecule has 4 rings (SSSR count). The molecule has 0 radical (unpaired) electrons. The van der Waals surface area contributed by atoms with Crippen LogP contribution in [0.2, 0.25) is 0 Å². The van der Waals surface area contributed by atoms with E-state index >= 15 is 0 Å². The van der Waals surface area contributed by atoms with Crippen molar-refractivity contribution >= 4 is 21.9 Å². The summed E-state index contributed by atoms with van der Waals surface area (Å²) in [7, 11) is 1.40. The van der Waals surface area contributed by atoms with Crippen molar-refractivity contribution in [1.29, 1.82) is 0 Å². The van der Waals surface area contributed by atoms with Crippen LogP contribution in [-0.2, 0) is 16.1 Å². The number of ether oxygens (including phenoxy) is 3. The quantitative estimate of drug-likeness (QED) is 0.499. The Bertz CT molecular complexity index is 970. The van der Waals surface area contributed by atoms with Gasteiger partial charge in [0, 0.05) is 10.0 Å². The third-order valence-corrected chi connectivity index (χ3v) is 5.27. The maximum Gasteiger partial charge on any atom is 0.317 e. The van der Waals surface area contributed by atoms with Crippen LogP contribution >= 0.6 is 15.9 Å². The van der Waals surface area contributed by atoms with Crippen LogP contribution < -0.4 is 9.47 Å². The number of hydrogen-bond acceptors (Lipinski definition) is 4. The lowest BCUT2D eigenvalue weighted by Gasteiger charge is -2.18. The van der Waals surface area contributed by atoms with Gasteiger partial charge in [-0.25, -0.2) is 0 Å². The normalized spacial score (nSPS) is 17.5. The highest BCUT2D eigenvalue weighted by atomic mass is 79.9. The lowest BCUT2D eigenvalue weighted by molar-refractivity contribution is -0.144. The first-order chi connectivity index (χ1) is 13.7. The van der Waals surface area contributed by atoms with Gasteiger partial charge in [-0.05, 0) is 41.5 Å². The summed E-state index contributed by atoms with van der Waals surface area (Å²) >= 11 is 3.46. The van der Waals surface area contributed by atoms with E-state index in [1.54, 1.807) is 0 Å². The van der Waals surface area contributed by atoms with Gasteiger partial charge in [0.05, 0.1) is 7.11 Å². The third kappa shape index (κ3) is 3.76. The molecule has 5 heteroatoms. The molecule has 0 amide bonds. The maximum atomic E-state index is 12.5. The van der Waals surface area contributed by atoms with Gasteiger partial charge in [-0.3, -0.25) is 4.79 Å². The second-order valence-corrected chi connectivity index (χ2v) is 7.48. The molecule has 0 saturated heterocycles. The number of hydrogen-bond donors (Lipinski definition) is 0. The molecule has 0 unspecified atom stereocenters. The maximum absolute atomic E-state index is 12.5. The fourth-order valence-corrected chi connectivity index (χ4v) is 3.75. The average Bonchev–Trinajstić information content (AvgIpc) is 3.11. The fraction of sp³-hybridized carbons (Fsp3) is 0.174. The number of carbonyl (C=O) groups excluding carboxylic acids is 1. The molecule has 0 fully saturated rings. The summed E-state index contributed by atoms with van der Waals surface area (Å²) in [4.78, 5) is 12.5. The molecule has 1 aliphatic heterocycles. The summed E-state index contributed by atoms with van der Waals surface area (Å²) in [6.45, 7) is 0.504. The van der Waals surface area contributed by atoms with Crippen LogP contribution in [0.4, 0.5) is 0 Å². The SMILES string of the molecule is COC(=O)[C@H]1c2cc(Br)ccc2O[C@@H]1c1ccc(OCc2ccccc2)cc1. The number of methoxy groups -OCH3 is 1. The Kier molecular flexibility index (Phi) is 5.35. The van der Waals surface area contributed by atoms with E-state index in [1.807, 2.05) is 72.8 Å². The second-order valence-electron chi connectivity index (χ2n) is 6.56. The van der Waals surface area contributed by atoms with E-state index in [0.29, 0.717) is 12.4 Å². The molecule has 4 nitrogen and oxygen atoms in total. The van der Waals surface area contributed by atoms with Crippen molar-refractivity contribution in [3.05, 3.63) is 94.0 Å². The number of halogens is 1. The van der Waals surface area contributed by atoms with Gasteiger partial charge < -0.3 is 14.2 Å². The van der Waals surface area contributed by atoms with E-state index in [-0.39, 0.29) is 5.97 Å². The van der Waals surface area contributed by atoms with E-state index in [9.17, 15) is 4.79 Å². The molecular formula is C23H19BrO4. The molecule has 3 aromatic rings. The molecule has 2 atom stereocenters. The van der Waals surface area contributed by atoms with Gasteiger partial charge in [-0.15, -0.1) is 0 Å².